The number of pyridine rings is 1. The Labute approximate surface area is 108 Å². The summed E-state index contributed by atoms with van der Waals surface area (Å²) in [5, 5.41) is 8.90. The van der Waals surface area contributed by atoms with Crippen LogP contribution in [-0.2, 0) is 11.2 Å². The molecule has 1 aliphatic heterocycles. The van der Waals surface area contributed by atoms with E-state index in [1.165, 1.54) is 6.07 Å². The van der Waals surface area contributed by atoms with Crippen molar-refractivity contribution in [3.05, 3.63) is 34.4 Å². The molecular formula is C12H10ClFN2O2. The summed E-state index contributed by atoms with van der Waals surface area (Å²) < 4.78 is 13.4. The number of anilines is 1. The number of carbonyl (C=O) groups is 1. The van der Waals surface area contributed by atoms with E-state index in [1.54, 1.807) is 11.1 Å². The van der Waals surface area contributed by atoms with Gasteiger partial charge in [0.25, 0.3) is 0 Å². The van der Waals surface area contributed by atoms with Crippen LogP contribution in [0.2, 0.25) is 5.15 Å². The lowest BCUT2D eigenvalue weighted by Gasteiger charge is -2.27. The van der Waals surface area contributed by atoms with Gasteiger partial charge in [0.1, 0.15) is 5.82 Å². The van der Waals surface area contributed by atoms with E-state index in [9.17, 15) is 9.18 Å². The van der Waals surface area contributed by atoms with Crippen molar-refractivity contribution in [3.8, 4) is 0 Å². The monoisotopic (exact) mass is 268 g/mol. The fraction of sp³-hybridized carbons (Fsp3) is 0.333. The number of hydrogen-bond acceptors (Lipinski definition) is 3. The first-order valence-corrected chi connectivity index (χ1v) is 6.01. The van der Waals surface area contributed by atoms with E-state index in [0.29, 0.717) is 11.4 Å². The van der Waals surface area contributed by atoms with Crippen LogP contribution in [0.15, 0.2) is 17.8 Å². The number of aromatic nitrogens is 1. The second-order valence-electron chi connectivity index (χ2n) is 4.52. The first-order chi connectivity index (χ1) is 8.56. The molecule has 0 radical (unpaired) electrons. The van der Waals surface area contributed by atoms with Crippen molar-refractivity contribution in [1.82, 2.24) is 4.98 Å². The number of carboxylic acid groups (broad SMARTS) is 1. The van der Waals surface area contributed by atoms with Gasteiger partial charge in [0.05, 0.1) is 5.57 Å². The summed E-state index contributed by atoms with van der Waals surface area (Å²) in [6, 6.07) is 1.53. The highest BCUT2D eigenvalue weighted by molar-refractivity contribution is 6.29. The highest BCUT2D eigenvalue weighted by atomic mass is 35.5. The van der Waals surface area contributed by atoms with Gasteiger partial charge in [-0.25, -0.2) is 14.2 Å². The number of halogens is 2. The largest absolute Gasteiger partial charge is 0.478 e. The van der Waals surface area contributed by atoms with Gasteiger partial charge in [-0.1, -0.05) is 11.6 Å². The predicted molar refractivity (Wildman–Crippen MR) is 64.1 cm³/mol. The maximum absolute atomic E-state index is 13.4. The van der Waals surface area contributed by atoms with Crippen molar-refractivity contribution in [2.75, 3.05) is 4.90 Å². The predicted octanol–water partition coefficient (Wildman–Crippen LogP) is 2.37. The molecule has 2 heterocycles. The molecule has 18 heavy (non-hydrogen) atoms. The van der Waals surface area contributed by atoms with E-state index in [0.717, 1.165) is 12.8 Å². The summed E-state index contributed by atoms with van der Waals surface area (Å²) in [4.78, 5) is 16.9. The average Bonchev–Trinajstić information content (AvgIpc) is 3.13. The van der Waals surface area contributed by atoms with Gasteiger partial charge >= 0.3 is 5.97 Å². The lowest BCUT2D eigenvalue weighted by Crippen LogP contribution is -2.27. The SMILES string of the molecule is O=C(O)C1=CN(C2CC2)c2nc(Cl)c(F)cc2C1. The minimum absolute atomic E-state index is 0.174. The third-order valence-corrected chi connectivity index (χ3v) is 3.39. The molecule has 0 spiro atoms. The van der Waals surface area contributed by atoms with Gasteiger partial charge in [0, 0.05) is 24.2 Å². The molecule has 1 aromatic heterocycles. The van der Waals surface area contributed by atoms with E-state index in [4.69, 9.17) is 16.7 Å². The molecule has 1 fully saturated rings. The lowest BCUT2D eigenvalue weighted by molar-refractivity contribution is -0.132. The maximum Gasteiger partial charge on any atom is 0.333 e. The Balaban J connectivity index is 2.09. The van der Waals surface area contributed by atoms with Crippen molar-refractivity contribution in [2.45, 2.75) is 25.3 Å². The number of aliphatic carboxylic acids is 1. The second-order valence-corrected chi connectivity index (χ2v) is 4.88. The average molecular weight is 269 g/mol. The number of rotatable bonds is 2. The van der Waals surface area contributed by atoms with Crippen LogP contribution in [0.4, 0.5) is 10.2 Å². The summed E-state index contributed by atoms with van der Waals surface area (Å²) in [7, 11) is 0. The standard InChI is InChI=1S/C12H10ClFN2O2/c13-10-9(14)4-6-3-7(12(17)18)5-16(8-1-2-8)11(6)15-10/h4-5,8H,1-3H2,(H,17,18). The van der Waals surface area contributed by atoms with Crippen molar-refractivity contribution < 1.29 is 14.3 Å². The zero-order valence-electron chi connectivity index (χ0n) is 9.36. The zero-order chi connectivity index (χ0) is 12.9. The van der Waals surface area contributed by atoms with Gasteiger partial charge in [-0.2, -0.15) is 0 Å². The Hall–Kier alpha value is -1.62. The molecule has 3 rings (SSSR count). The van der Waals surface area contributed by atoms with Gasteiger partial charge < -0.3 is 10.0 Å². The first kappa shape index (κ1) is 11.5. The van der Waals surface area contributed by atoms with Crippen LogP contribution in [0.5, 0.6) is 0 Å². The van der Waals surface area contributed by atoms with Crippen molar-refractivity contribution >= 4 is 23.4 Å². The molecule has 0 amide bonds. The van der Waals surface area contributed by atoms with Gasteiger partial charge in [-0.3, -0.25) is 0 Å². The number of carboxylic acids is 1. The van der Waals surface area contributed by atoms with Gasteiger partial charge in [-0.05, 0) is 18.9 Å². The molecule has 2 aliphatic rings. The van der Waals surface area contributed by atoms with Crippen molar-refractivity contribution in [3.63, 3.8) is 0 Å². The minimum atomic E-state index is -0.985. The van der Waals surface area contributed by atoms with Crippen LogP contribution in [0.3, 0.4) is 0 Å². The van der Waals surface area contributed by atoms with Gasteiger partial charge in [0.15, 0.2) is 11.0 Å². The Bertz CT molecular complexity index is 569. The molecule has 4 nitrogen and oxygen atoms in total. The summed E-state index contributed by atoms with van der Waals surface area (Å²) in [5.74, 6) is -1.02. The quantitative estimate of drug-likeness (QED) is 0.837. The number of fused-ring (bicyclic) bond motifs is 1. The molecule has 94 valence electrons. The lowest BCUT2D eigenvalue weighted by atomic mass is 10.0. The van der Waals surface area contributed by atoms with Crippen LogP contribution >= 0.6 is 11.6 Å². The van der Waals surface area contributed by atoms with Gasteiger partial charge in [0.2, 0.25) is 0 Å². The number of nitrogens with zero attached hydrogens (tertiary/aromatic N) is 2. The smallest absolute Gasteiger partial charge is 0.333 e. The molecule has 0 saturated heterocycles. The van der Waals surface area contributed by atoms with E-state index in [2.05, 4.69) is 4.98 Å². The molecule has 1 aromatic rings. The van der Waals surface area contributed by atoms with E-state index in [1.807, 2.05) is 0 Å². The minimum Gasteiger partial charge on any atom is -0.478 e. The van der Waals surface area contributed by atoms with Gasteiger partial charge in [-0.15, -0.1) is 0 Å². The molecule has 1 aliphatic carbocycles. The van der Waals surface area contributed by atoms with E-state index in [-0.39, 0.29) is 23.2 Å². The van der Waals surface area contributed by atoms with E-state index < -0.39 is 11.8 Å². The molecule has 0 aromatic carbocycles. The summed E-state index contributed by atoms with van der Waals surface area (Å²) in [5.41, 5.74) is 0.821. The van der Waals surface area contributed by atoms with Crippen LogP contribution in [-0.4, -0.2) is 22.1 Å². The summed E-state index contributed by atoms with van der Waals surface area (Å²) in [6.45, 7) is 0. The molecule has 6 heteroatoms. The van der Waals surface area contributed by atoms with Crippen LogP contribution in [0, 0.1) is 5.82 Å². The van der Waals surface area contributed by atoms with Crippen molar-refractivity contribution in [2.24, 2.45) is 0 Å². The molecule has 1 N–H and O–H groups in total. The topological polar surface area (TPSA) is 53.4 Å². The molecule has 0 atom stereocenters. The first-order valence-electron chi connectivity index (χ1n) is 5.63. The third kappa shape index (κ3) is 1.84. The molecule has 1 saturated carbocycles. The maximum atomic E-state index is 13.4. The molecular weight excluding hydrogens is 259 g/mol. The second kappa shape index (κ2) is 3.95. The fourth-order valence-corrected chi connectivity index (χ4v) is 2.23. The Morgan fingerprint density at radius 1 is 1.56 bits per heavy atom. The normalized spacial score (nSPS) is 18.3. The summed E-state index contributed by atoms with van der Waals surface area (Å²) in [6.07, 6.45) is 3.73. The molecule has 0 bridgehead atoms. The van der Waals surface area contributed by atoms with E-state index >= 15 is 0 Å². The van der Waals surface area contributed by atoms with Crippen LogP contribution < -0.4 is 4.90 Å². The fourth-order valence-electron chi connectivity index (χ4n) is 2.09. The Morgan fingerprint density at radius 2 is 2.28 bits per heavy atom. The number of hydrogen-bond donors (Lipinski definition) is 1. The van der Waals surface area contributed by atoms with Crippen LogP contribution in [0.25, 0.3) is 0 Å². The highest BCUT2D eigenvalue weighted by Crippen LogP contribution is 2.38. The summed E-state index contributed by atoms with van der Waals surface area (Å²) >= 11 is 5.69. The van der Waals surface area contributed by atoms with Crippen LogP contribution in [0.1, 0.15) is 18.4 Å². The zero-order valence-corrected chi connectivity index (χ0v) is 10.1. The highest BCUT2D eigenvalue weighted by Gasteiger charge is 2.34. The van der Waals surface area contributed by atoms with Crippen molar-refractivity contribution in [1.29, 1.82) is 0 Å². The Morgan fingerprint density at radius 3 is 2.89 bits per heavy atom. The molecule has 0 unspecified atom stereocenters. The third-order valence-electron chi connectivity index (χ3n) is 3.12. The Kier molecular flexibility index (Phi) is 2.52.